The molecule has 32 heavy (non-hydrogen) atoms. The van der Waals surface area contributed by atoms with Crippen molar-refractivity contribution in [1.29, 1.82) is 0 Å². The van der Waals surface area contributed by atoms with E-state index in [1.165, 1.54) is 13.2 Å². The van der Waals surface area contributed by atoms with Crippen molar-refractivity contribution in [2.24, 2.45) is 0 Å². The Labute approximate surface area is 187 Å². The Morgan fingerprint density at radius 1 is 1.00 bits per heavy atom. The van der Waals surface area contributed by atoms with Gasteiger partial charge in [0.15, 0.2) is 11.5 Å². The van der Waals surface area contributed by atoms with Crippen LogP contribution in [0.1, 0.15) is 44.7 Å². The van der Waals surface area contributed by atoms with Crippen molar-refractivity contribution in [2.45, 2.75) is 46.5 Å². The van der Waals surface area contributed by atoms with Crippen LogP contribution in [-0.2, 0) is 12.8 Å². The van der Waals surface area contributed by atoms with Crippen LogP contribution in [0.5, 0.6) is 23.0 Å². The first-order chi connectivity index (χ1) is 15.2. The van der Waals surface area contributed by atoms with Crippen LogP contribution >= 0.6 is 0 Å². The summed E-state index contributed by atoms with van der Waals surface area (Å²) >= 11 is 0. The molecule has 0 aliphatic heterocycles. The minimum Gasteiger partial charge on any atom is -0.507 e. The SMILES string of the molecule is C=C(C)CCc1c(O)cc2oc3cc(OCC)c(OC)c(CCC(=C)C)c3c(=O)c2c1O. The van der Waals surface area contributed by atoms with Gasteiger partial charge >= 0.3 is 0 Å². The molecule has 0 aliphatic rings. The number of hydrogen-bond acceptors (Lipinski definition) is 6. The van der Waals surface area contributed by atoms with Crippen molar-refractivity contribution in [3.63, 3.8) is 0 Å². The molecule has 3 aromatic rings. The van der Waals surface area contributed by atoms with Crippen LogP contribution in [0.3, 0.4) is 0 Å². The molecule has 0 fully saturated rings. The first kappa shape index (κ1) is 23.3. The van der Waals surface area contributed by atoms with Gasteiger partial charge in [0.25, 0.3) is 0 Å². The van der Waals surface area contributed by atoms with Gasteiger partial charge in [-0.1, -0.05) is 11.1 Å². The highest BCUT2D eigenvalue weighted by Gasteiger charge is 2.24. The summed E-state index contributed by atoms with van der Waals surface area (Å²) < 4.78 is 17.4. The molecule has 0 spiro atoms. The zero-order chi connectivity index (χ0) is 23.6. The first-order valence-corrected chi connectivity index (χ1v) is 10.6. The molecule has 3 rings (SSSR count). The smallest absolute Gasteiger partial charge is 0.204 e. The third-order valence-corrected chi connectivity index (χ3v) is 5.44. The van der Waals surface area contributed by atoms with Gasteiger partial charge in [0.05, 0.1) is 19.1 Å². The lowest BCUT2D eigenvalue weighted by Gasteiger charge is -2.17. The average molecular weight is 439 g/mol. The fourth-order valence-electron chi connectivity index (χ4n) is 3.86. The van der Waals surface area contributed by atoms with Gasteiger partial charge in [-0.25, -0.2) is 0 Å². The summed E-state index contributed by atoms with van der Waals surface area (Å²) in [6.07, 6.45) is 2.06. The van der Waals surface area contributed by atoms with Crippen molar-refractivity contribution < 1.29 is 24.1 Å². The van der Waals surface area contributed by atoms with Crippen molar-refractivity contribution in [2.75, 3.05) is 13.7 Å². The largest absolute Gasteiger partial charge is 0.507 e. The number of allylic oxidation sites excluding steroid dienone is 2. The second-order valence-electron chi connectivity index (χ2n) is 8.13. The van der Waals surface area contributed by atoms with Crippen molar-refractivity contribution in [1.82, 2.24) is 0 Å². The lowest BCUT2D eigenvalue weighted by atomic mass is 9.97. The highest BCUT2D eigenvalue weighted by molar-refractivity contribution is 5.97. The zero-order valence-electron chi connectivity index (χ0n) is 19.1. The molecular formula is C26H30O6. The average Bonchev–Trinajstić information content (AvgIpc) is 2.71. The van der Waals surface area contributed by atoms with E-state index < -0.39 is 0 Å². The Morgan fingerprint density at radius 3 is 2.16 bits per heavy atom. The van der Waals surface area contributed by atoms with E-state index in [-0.39, 0.29) is 27.9 Å². The van der Waals surface area contributed by atoms with Crippen LogP contribution < -0.4 is 14.9 Å². The monoisotopic (exact) mass is 438 g/mol. The van der Waals surface area contributed by atoms with Crippen LogP contribution in [0.15, 0.2) is 45.6 Å². The van der Waals surface area contributed by atoms with Crippen LogP contribution in [-0.4, -0.2) is 23.9 Å². The fraction of sp³-hybridized carbons (Fsp3) is 0.346. The van der Waals surface area contributed by atoms with E-state index in [0.717, 1.165) is 11.1 Å². The molecule has 0 aliphatic carbocycles. The van der Waals surface area contributed by atoms with Gasteiger partial charge in [-0.3, -0.25) is 4.79 Å². The van der Waals surface area contributed by atoms with E-state index >= 15 is 0 Å². The maximum absolute atomic E-state index is 13.7. The predicted octanol–water partition coefficient (Wildman–Crippen LogP) is 5.78. The molecule has 0 saturated heterocycles. The van der Waals surface area contributed by atoms with E-state index in [2.05, 4.69) is 13.2 Å². The number of hydrogen-bond donors (Lipinski definition) is 2. The van der Waals surface area contributed by atoms with Gasteiger partial charge in [0, 0.05) is 23.3 Å². The lowest BCUT2D eigenvalue weighted by molar-refractivity contribution is 0.309. The summed E-state index contributed by atoms with van der Waals surface area (Å²) in [5, 5.41) is 21.8. The zero-order valence-corrected chi connectivity index (χ0v) is 19.1. The van der Waals surface area contributed by atoms with Crippen molar-refractivity contribution in [3.05, 3.63) is 57.8 Å². The van der Waals surface area contributed by atoms with Gasteiger partial charge in [0.2, 0.25) is 5.43 Å². The molecule has 2 aromatic carbocycles. The van der Waals surface area contributed by atoms with Gasteiger partial charge in [-0.15, -0.1) is 13.2 Å². The molecule has 6 nitrogen and oxygen atoms in total. The van der Waals surface area contributed by atoms with Gasteiger partial charge in [-0.05, 0) is 46.5 Å². The van der Waals surface area contributed by atoms with E-state index in [1.807, 2.05) is 20.8 Å². The van der Waals surface area contributed by atoms with E-state index in [4.69, 9.17) is 13.9 Å². The molecule has 0 atom stereocenters. The number of aryl methyl sites for hydroxylation is 1. The number of rotatable bonds is 9. The topological polar surface area (TPSA) is 89.1 Å². The van der Waals surface area contributed by atoms with Gasteiger partial charge < -0.3 is 24.1 Å². The van der Waals surface area contributed by atoms with E-state index in [9.17, 15) is 15.0 Å². The Morgan fingerprint density at radius 2 is 1.59 bits per heavy atom. The lowest BCUT2D eigenvalue weighted by Crippen LogP contribution is -2.09. The maximum Gasteiger partial charge on any atom is 0.204 e. The molecule has 2 N–H and O–H groups in total. The van der Waals surface area contributed by atoms with Gasteiger partial charge in [0.1, 0.15) is 28.1 Å². The molecule has 1 aromatic heterocycles. The number of aromatic hydroxyl groups is 2. The van der Waals surface area contributed by atoms with Crippen molar-refractivity contribution >= 4 is 21.9 Å². The minimum atomic E-state index is -0.381. The Bertz CT molecular complexity index is 1270. The number of benzene rings is 2. The molecule has 0 saturated carbocycles. The fourth-order valence-corrected chi connectivity index (χ4v) is 3.86. The molecule has 0 unspecified atom stereocenters. The van der Waals surface area contributed by atoms with Crippen LogP contribution in [0, 0.1) is 0 Å². The number of phenolic OH excluding ortho intramolecular Hbond substituents is 2. The summed E-state index contributed by atoms with van der Waals surface area (Å²) in [5.41, 5.74) is 2.84. The second-order valence-corrected chi connectivity index (χ2v) is 8.13. The van der Waals surface area contributed by atoms with Crippen LogP contribution in [0.2, 0.25) is 0 Å². The first-order valence-electron chi connectivity index (χ1n) is 10.6. The molecule has 170 valence electrons. The van der Waals surface area contributed by atoms with Crippen molar-refractivity contribution in [3.8, 4) is 23.0 Å². The maximum atomic E-state index is 13.7. The van der Waals surface area contributed by atoms with E-state index in [0.29, 0.717) is 65.9 Å². The minimum absolute atomic E-state index is 0.0369. The molecule has 0 radical (unpaired) electrons. The molecule has 0 bridgehead atoms. The molecule has 0 amide bonds. The second kappa shape index (κ2) is 9.39. The number of methoxy groups -OCH3 is 1. The molecule has 6 heteroatoms. The quantitative estimate of drug-likeness (QED) is 0.325. The summed E-state index contributed by atoms with van der Waals surface area (Å²) in [6.45, 7) is 13.9. The number of fused-ring (bicyclic) bond motifs is 2. The Balaban J connectivity index is 2.40. The number of phenols is 2. The third-order valence-electron chi connectivity index (χ3n) is 5.44. The normalized spacial score (nSPS) is 11.1. The summed E-state index contributed by atoms with van der Waals surface area (Å²) in [5.74, 6) is 0.539. The van der Waals surface area contributed by atoms with Crippen LogP contribution in [0.25, 0.3) is 21.9 Å². The summed E-state index contributed by atoms with van der Waals surface area (Å²) in [6, 6.07) is 2.99. The summed E-state index contributed by atoms with van der Waals surface area (Å²) in [4.78, 5) is 13.7. The molecule has 1 heterocycles. The highest BCUT2D eigenvalue weighted by Crippen LogP contribution is 2.41. The third kappa shape index (κ3) is 4.31. The Kier molecular flexibility index (Phi) is 6.82. The predicted molar refractivity (Wildman–Crippen MR) is 127 cm³/mol. The van der Waals surface area contributed by atoms with Gasteiger partial charge in [-0.2, -0.15) is 0 Å². The summed E-state index contributed by atoms with van der Waals surface area (Å²) in [7, 11) is 1.53. The standard InChI is InChI=1S/C26H30O6/c1-7-31-21-13-20-22(17(26(21)30-6)11-9-15(4)5)25(29)23-19(32-20)12-18(27)16(24(23)28)10-8-14(2)3/h12-13,27-28H,2,4,7-11H2,1,3,5-6H3. The van der Waals surface area contributed by atoms with Crippen LogP contribution in [0.4, 0.5) is 0 Å². The highest BCUT2D eigenvalue weighted by atomic mass is 16.5. The Hall–Kier alpha value is -3.41. The van der Waals surface area contributed by atoms with E-state index in [1.54, 1.807) is 6.07 Å². The number of ether oxygens (including phenoxy) is 2. The molecular weight excluding hydrogens is 408 g/mol.